The van der Waals surface area contributed by atoms with Crippen LogP contribution in [0, 0.1) is 6.92 Å². The summed E-state index contributed by atoms with van der Waals surface area (Å²) < 4.78 is 2.00. The summed E-state index contributed by atoms with van der Waals surface area (Å²) in [6.07, 6.45) is 5.45. The van der Waals surface area contributed by atoms with Gasteiger partial charge in [-0.05, 0) is 55.1 Å². The molecule has 0 unspecified atom stereocenters. The molecule has 0 aliphatic rings. The van der Waals surface area contributed by atoms with Crippen molar-refractivity contribution >= 4 is 21.6 Å². The Morgan fingerprint density at radius 1 is 1.43 bits per heavy atom. The van der Waals surface area contributed by atoms with Crippen LogP contribution >= 0.6 is 15.9 Å². The minimum Gasteiger partial charge on any atom is -0.383 e. The lowest BCUT2D eigenvalue weighted by atomic mass is 10.1. The first-order valence-electron chi connectivity index (χ1n) is 7.00. The highest BCUT2D eigenvalue weighted by Gasteiger charge is 2.10. The average Bonchev–Trinajstić information content (AvgIpc) is 2.84. The zero-order valence-corrected chi connectivity index (χ0v) is 14.1. The first kappa shape index (κ1) is 15.8. The molecule has 0 radical (unpaired) electrons. The maximum Gasteiger partial charge on any atom is 0.283 e. The molecule has 2 N–H and O–H groups in total. The SMILES string of the molecule is Cc1[nH]ncc1CCCNc1cnn(C(C)C)c(=O)c1Br. The summed E-state index contributed by atoms with van der Waals surface area (Å²) in [7, 11) is 0. The first-order chi connectivity index (χ1) is 10.0. The van der Waals surface area contributed by atoms with E-state index >= 15 is 0 Å². The molecule has 2 rings (SSSR count). The molecule has 0 saturated heterocycles. The van der Waals surface area contributed by atoms with E-state index in [0.717, 1.165) is 30.8 Å². The van der Waals surface area contributed by atoms with Gasteiger partial charge in [0.2, 0.25) is 0 Å². The molecule has 7 heteroatoms. The van der Waals surface area contributed by atoms with Gasteiger partial charge in [-0.25, -0.2) is 4.68 Å². The number of aromatic nitrogens is 4. The number of rotatable bonds is 6. The van der Waals surface area contributed by atoms with Crippen molar-refractivity contribution in [3.63, 3.8) is 0 Å². The van der Waals surface area contributed by atoms with E-state index in [2.05, 4.69) is 36.5 Å². The highest BCUT2D eigenvalue weighted by Crippen LogP contribution is 2.17. The fourth-order valence-electron chi connectivity index (χ4n) is 2.07. The van der Waals surface area contributed by atoms with Crippen LogP contribution in [0.2, 0.25) is 0 Å². The maximum absolute atomic E-state index is 12.1. The molecule has 2 aromatic heterocycles. The van der Waals surface area contributed by atoms with Crippen LogP contribution in [0.3, 0.4) is 0 Å². The Labute approximate surface area is 132 Å². The first-order valence-corrected chi connectivity index (χ1v) is 7.80. The highest BCUT2D eigenvalue weighted by atomic mass is 79.9. The molecule has 0 spiro atoms. The smallest absolute Gasteiger partial charge is 0.283 e. The summed E-state index contributed by atoms with van der Waals surface area (Å²) in [5, 5.41) is 14.4. The van der Waals surface area contributed by atoms with Gasteiger partial charge in [0, 0.05) is 12.2 Å². The minimum absolute atomic E-state index is 0.0481. The molecule has 0 aliphatic heterocycles. The Hall–Kier alpha value is -1.63. The third-order valence-electron chi connectivity index (χ3n) is 3.31. The van der Waals surface area contributed by atoms with Crippen molar-refractivity contribution in [1.82, 2.24) is 20.0 Å². The number of nitrogens with one attached hydrogen (secondary N) is 2. The molecule has 0 bridgehead atoms. The van der Waals surface area contributed by atoms with Gasteiger partial charge in [0.15, 0.2) is 0 Å². The number of aromatic amines is 1. The van der Waals surface area contributed by atoms with Gasteiger partial charge >= 0.3 is 0 Å². The van der Waals surface area contributed by atoms with Gasteiger partial charge in [-0.1, -0.05) is 0 Å². The standard InChI is InChI=1S/C14H20BrN5O/c1-9(2)20-14(21)13(15)12(8-18-20)16-6-4-5-11-7-17-19-10(11)3/h7-9,16H,4-6H2,1-3H3,(H,17,19). The number of anilines is 1. The Kier molecular flexibility index (Phi) is 5.17. The molecule has 2 heterocycles. The van der Waals surface area contributed by atoms with Crippen molar-refractivity contribution < 1.29 is 0 Å². The van der Waals surface area contributed by atoms with Crippen molar-refractivity contribution in [3.8, 4) is 0 Å². The van der Waals surface area contributed by atoms with Crippen LogP contribution in [0.25, 0.3) is 0 Å². The fraction of sp³-hybridized carbons (Fsp3) is 0.500. The summed E-state index contributed by atoms with van der Waals surface area (Å²) in [5.74, 6) is 0. The molecule has 0 saturated carbocycles. The lowest BCUT2D eigenvalue weighted by Crippen LogP contribution is -2.26. The normalized spacial score (nSPS) is 11.1. The van der Waals surface area contributed by atoms with Crippen LogP contribution < -0.4 is 10.9 Å². The van der Waals surface area contributed by atoms with E-state index < -0.39 is 0 Å². The number of nitrogens with zero attached hydrogens (tertiary/aromatic N) is 3. The van der Waals surface area contributed by atoms with Crippen molar-refractivity contribution in [3.05, 3.63) is 38.5 Å². The predicted molar refractivity (Wildman–Crippen MR) is 86.7 cm³/mol. The molecule has 2 aromatic rings. The van der Waals surface area contributed by atoms with E-state index in [1.165, 1.54) is 10.2 Å². The molecule has 0 aliphatic carbocycles. The third-order valence-corrected chi connectivity index (χ3v) is 4.07. The molecular formula is C14H20BrN5O. The Bertz CT molecular complexity index is 662. The van der Waals surface area contributed by atoms with Crippen molar-refractivity contribution in [2.75, 3.05) is 11.9 Å². The third kappa shape index (κ3) is 3.72. The zero-order chi connectivity index (χ0) is 15.4. The average molecular weight is 354 g/mol. The van der Waals surface area contributed by atoms with Gasteiger partial charge in [0.1, 0.15) is 4.47 Å². The molecule has 0 fully saturated rings. The lowest BCUT2D eigenvalue weighted by Gasteiger charge is -2.12. The van der Waals surface area contributed by atoms with Crippen LogP contribution in [0.1, 0.15) is 37.6 Å². The van der Waals surface area contributed by atoms with Gasteiger partial charge in [-0.3, -0.25) is 9.89 Å². The Balaban J connectivity index is 1.93. The Morgan fingerprint density at radius 3 is 2.81 bits per heavy atom. The van der Waals surface area contributed by atoms with E-state index in [4.69, 9.17) is 0 Å². The van der Waals surface area contributed by atoms with Gasteiger partial charge in [0.05, 0.1) is 24.1 Å². The van der Waals surface area contributed by atoms with Crippen LogP contribution in [0.15, 0.2) is 21.7 Å². The number of halogens is 1. The van der Waals surface area contributed by atoms with Crippen molar-refractivity contribution in [2.45, 2.75) is 39.7 Å². The quantitative estimate of drug-likeness (QED) is 0.782. The molecule has 0 atom stereocenters. The van der Waals surface area contributed by atoms with E-state index in [9.17, 15) is 4.79 Å². The highest BCUT2D eigenvalue weighted by molar-refractivity contribution is 9.10. The van der Waals surface area contributed by atoms with E-state index in [1.54, 1.807) is 6.20 Å². The predicted octanol–water partition coefficient (Wildman–Crippen LogP) is 2.66. The second kappa shape index (κ2) is 6.89. The van der Waals surface area contributed by atoms with E-state index in [-0.39, 0.29) is 11.6 Å². The Morgan fingerprint density at radius 2 is 2.19 bits per heavy atom. The van der Waals surface area contributed by atoms with Crippen molar-refractivity contribution in [1.29, 1.82) is 0 Å². The van der Waals surface area contributed by atoms with Crippen LogP contribution in [0.5, 0.6) is 0 Å². The molecule has 0 amide bonds. The minimum atomic E-state index is -0.110. The zero-order valence-electron chi connectivity index (χ0n) is 12.5. The number of hydrogen-bond donors (Lipinski definition) is 2. The molecule has 6 nitrogen and oxygen atoms in total. The molecule has 0 aromatic carbocycles. The topological polar surface area (TPSA) is 75.6 Å². The summed E-state index contributed by atoms with van der Waals surface area (Å²) in [6, 6.07) is 0.0481. The fourth-order valence-corrected chi connectivity index (χ4v) is 2.49. The number of H-pyrrole nitrogens is 1. The summed E-state index contributed by atoms with van der Waals surface area (Å²) in [5.41, 5.74) is 2.96. The van der Waals surface area contributed by atoms with Crippen LogP contribution in [0.4, 0.5) is 5.69 Å². The van der Waals surface area contributed by atoms with Crippen LogP contribution in [-0.4, -0.2) is 26.5 Å². The van der Waals surface area contributed by atoms with Gasteiger partial charge in [0.25, 0.3) is 5.56 Å². The monoisotopic (exact) mass is 353 g/mol. The largest absolute Gasteiger partial charge is 0.383 e. The maximum atomic E-state index is 12.1. The van der Waals surface area contributed by atoms with Gasteiger partial charge < -0.3 is 5.32 Å². The number of aryl methyl sites for hydroxylation is 2. The summed E-state index contributed by atoms with van der Waals surface area (Å²) in [6.45, 7) is 6.65. The van der Waals surface area contributed by atoms with E-state index in [1.807, 2.05) is 27.0 Å². The van der Waals surface area contributed by atoms with Gasteiger partial charge in [-0.15, -0.1) is 0 Å². The number of hydrogen-bond acceptors (Lipinski definition) is 4. The van der Waals surface area contributed by atoms with Crippen LogP contribution in [-0.2, 0) is 6.42 Å². The second-order valence-electron chi connectivity index (χ2n) is 5.27. The molecular weight excluding hydrogens is 334 g/mol. The van der Waals surface area contributed by atoms with E-state index in [0.29, 0.717) is 4.47 Å². The van der Waals surface area contributed by atoms with Crippen molar-refractivity contribution in [2.24, 2.45) is 0 Å². The van der Waals surface area contributed by atoms with Gasteiger partial charge in [-0.2, -0.15) is 10.2 Å². The second-order valence-corrected chi connectivity index (χ2v) is 6.06. The lowest BCUT2D eigenvalue weighted by molar-refractivity contribution is 0.501. The molecule has 114 valence electrons. The summed E-state index contributed by atoms with van der Waals surface area (Å²) >= 11 is 3.35. The molecule has 21 heavy (non-hydrogen) atoms. The summed E-state index contributed by atoms with van der Waals surface area (Å²) in [4.78, 5) is 12.1.